The Morgan fingerprint density at radius 2 is 1.67 bits per heavy atom. The van der Waals surface area contributed by atoms with Gasteiger partial charge in [-0.25, -0.2) is 0 Å². The maximum Gasteiger partial charge on any atom is 0.187 e. The van der Waals surface area contributed by atoms with Crippen LogP contribution in [-0.2, 0) is 0 Å². The van der Waals surface area contributed by atoms with E-state index >= 15 is 0 Å². The molecule has 0 N–H and O–H groups in total. The van der Waals surface area contributed by atoms with Crippen LogP contribution in [0.1, 0.15) is 10.4 Å². The highest BCUT2D eigenvalue weighted by Gasteiger charge is 2.02. The zero-order valence-electron chi connectivity index (χ0n) is 9.78. The zero-order chi connectivity index (χ0) is 13.4. The summed E-state index contributed by atoms with van der Waals surface area (Å²) in [7, 11) is 0. The van der Waals surface area contributed by atoms with Crippen molar-refractivity contribution < 1.29 is 4.79 Å². The minimum atomic E-state index is -0.0687. The first-order valence-electron chi connectivity index (χ1n) is 5.51. The molecule has 0 aliphatic heterocycles. The highest BCUT2D eigenvalue weighted by molar-refractivity contribution is 6.30. The molecule has 0 aromatic heterocycles. The van der Waals surface area contributed by atoms with Crippen LogP contribution < -0.4 is 0 Å². The summed E-state index contributed by atoms with van der Waals surface area (Å²) in [6.45, 7) is 1.33. The Kier molecular flexibility index (Phi) is 7.18. The second-order valence-corrected chi connectivity index (χ2v) is 4.79. The predicted molar refractivity (Wildman–Crippen MR) is 77.9 cm³/mol. The summed E-state index contributed by atoms with van der Waals surface area (Å²) in [5, 5.41) is 0.612. The van der Waals surface area contributed by atoms with Crippen molar-refractivity contribution in [1.29, 1.82) is 0 Å². The van der Waals surface area contributed by atoms with E-state index in [-0.39, 0.29) is 5.78 Å². The molecule has 1 aromatic carbocycles. The first kappa shape index (κ1) is 15.4. The summed E-state index contributed by atoms with van der Waals surface area (Å²) in [6, 6.07) is 6.78. The van der Waals surface area contributed by atoms with Gasteiger partial charge in [0, 0.05) is 47.7 Å². The highest BCUT2D eigenvalue weighted by Crippen LogP contribution is 2.10. The van der Waals surface area contributed by atoms with Crippen LogP contribution in [0.3, 0.4) is 0 Å². The molecular formula is C13H14Cl3NO. The molecule has 0 aliphatic carbocycles. The second-order valence-electron chi connectivity index (χ2n) is 3.60. The van der Waals surface area contributed by atoms with Gasteiger partial charge in [0.25, 0.3) is 0 Å². The number of nitrogens with zero attached hydrogens (tertiary/aromatic N) is 1. The maximum atomic E-state index is 11.8. The van der Waals surface area contributed by atoms with E-state index in [1.807, 2.05) is 4.90 Å². The van der Waals surface area contributed by atoms with Gasteiger partial charge in [0.2, 0.25) is 0 Å². The number of rotatable bonds is 7. The monoisotopic (exact) mass is 305 g/mol. The molecular weight excluding hydrogens is 293 g/mol. The summed E-state index contributed by atoms with van der Waals surface area (Å²) in [5.74, 6) is 0.924. The van der Waals surface area contributed by atoms with Gasteiger partial charge in [-0.05, 0) is 24.3 Å². The molecule has 1 aromatic rings. The lowest BCUT2D eigenvalue weighted by molar-refractivity contribution is 0.104. The largest absolute Gasteiger partial charge is 0.375 e. The third kappa shape index (κ3) is 5.30. The third-order valence-electron chi connectivity index (χ3n) is 2.31. The van der Waals surface area contributed by atoms with Gasteiger partial charge in [0.15, 0.2) is 5.78 Å². The average molecular weight is 307 g/mol. The van der Waals surface area contributed by atoms with Crippen molar-refractivity contribution in [1.82, 2.24) is 4.90 Å². The van der Waals surface area contributed by atoms with Crippen molar-refractivity contribution in [3.05, 3.63) is 47.1 Å². The molecule has 1 rings (SSSR count). The molecule has 0 aliphatic rings. The fourth-order valence-corrected chi connectivity index (χ4v) is 1.92. The standard InChI is InChI=1S/C13H14Cl3NO/c14-6-9-17(10-7-15)8-5-13(18)11-1-3-12(16)4-2-11/h1-5,8H,6-7,9-10H2/b8-5+. The lowest BCUT2D eigenvalue weighted by Crippen LogP contribution is -2.22. The molecule has 18 heavy (non-hydrogen) atoms. The first-order valence-corrected chi connectivity index (χ1v) is 6.96. The summed E-state index contributed by atoms with van der Waals surface area (Å²) >= 11 is 17.1. The number of halogens is 3. The van der Waals surface area contributed by atoms with Crippen molar-refractivity contribution in [2.45, 2.75) is 0 Å². The summed E-state index contributed by atoms with van der Waals surface area (Å²) in [6.07, 6.45) is 3.24. The van der Waals surface area contributed by atoms with Crippen LogP contribution in [0.2, 0.25) is 5.02 Å². The smallest absolute Gasteiger partial charge is 0.187 e. The van der Waals surface area contributed by atoms with Gasteiger partial charge in [-0.15, -0.1) is 23.2 Å². The molecule has 98 valence electrons. The maximum absolute atomic E-state index is 11.8. The van der Waals surface area contributed by atoms with Crippen molar-refractivity contribution >= 4 is 40.6 Å². The van der Waals surface area contributed by atoms with E-state index in [0.29, 0.717) is 35.4 Å². The van der Waals surface area contributed by atoms with Gasteiger partial charge in [-0.3, -0.25) is 4.79 Å². The Balaban J connectivity index is 2.64. The van der Waals surface area contributed by atoms with Crippen molar-refractivity contribution in [2.24, 2.45) is 0 Å². The van der Waals surface area contributed by atoms with E-state index in [4.69, 9.17) is 34.8 Å². The summed E-state index contributed by atoms with van der Waals surface area (Å²) in [5.41, 5.74) is 0.604. The number of alkyl halides is 2. The average Bonchev–Trinajstić information content (AvgIpc) is 2.37. The first-order chi connectivity index (χ1) is 8.67. The summed E-state index contributed by atoms with van der Waals surface area (Å²) < 4.78 is 0. The molecule has 0 atom stereocenters. The number of hydrogen-bond acceptors (Lipinski definition) is 2. The quantitative estimate of drug-likeness (QED) is 0.434. The Hall–Kier alpha value is -0.700. The lowest BCUT2D eigenvalue weighted by atomic mass is 10.1. The van der Waals surface area contributed by atoms with Crippen molar-refractivity contribution in [3.63, 3.8) is 0 Å². The Labute approximate surface area is 122 Å². The fraction of sp³-hybridized carbons (Fsp3) is 0.308. The molecule has 0 unspecified atom stereocenters. The normalized spacial score (nSPS) is 10.8. The number of allylic oxidation sites excluding steroid dienone is 1. The predicted octanol–water partition coefficient (Wildman–Crippen LogP) is 3.82. The fourth-order valence-electron chi connectivity index (χ4n) is 1.36. The van der Waals surface area contributed by atoms with Gasteiger partial charge < -0.3 is 4.90 Å². The van der Waals surface area contributed by atoms with Crippen LogP contribution in [0.25, 0.3) is 0 Å². The van der Waals surface area contributed by atoms with Gasteiger partial charge in [0.1, 0.15) is 0 Å². The zero-order valence-corrected chi connectivity index (χ0v) is 12.0. The van der Waals surface area contributed by atoms with E-state index in [2.05, 4.69) is 0 Å². The molecule has 0 fully saturated rings. The number of carbonyl (C=O) groups excluding carboxylic acids is 1. The molecule has 0 amide bonds. The molecule has 0 radical (unpaired) electrons. The minimum Gasteiger partial charge on any atom is -0.375 e. The second kappa shape index (κ2) is 8.41. The highest BCUT2D eigenvalue weighted by atomic mass is 35.5. The van der Waals surface area contributed by atoms with E-state index in [1.54, 1.807) is 30.5 Å². The third-order valence-corrected chi connectivity index (χ3v) is 2.90. The van der Waals surface area contributed by atoms with Gasteiger partial charge >= 0.3 is 0 Å². The number of carbonyl (C=O) groups is 1. The van der Waals surface area contributed by atoms with Crippen LogP contribution in [-0.4, -0.2) is 35.5 Å². The van der Waals surface area contributed by atoms with Gasteiger partial charge in [-0.2, -0.15) is 0 Å². The summed E-state index contributed by atoms with van der Waals surface area (Å²) in [4.78, 5) is 13.8. The molecule has 0 heterocycles. The topological polar surface area (TPSA) is 20.3 Å². The van der Waals surface area contributed by atoms with Crippen molar-refractivity contribution in [3.8, 4) is 0 Å². The van der Waals surface area contributed by atoms with E-state index in [0.717, 1.165) is 0 Å². The van der Waals surface area contributed by atoms with Crippen LogP contribution in [0.4, 0.5) is 0 Å². The number of hydrogen-bond donors (Lipinski definition) is 0. The van der Waals surface area contributed by atoms with Gasteiger partial charge in [0.05, 0.1) is 0 Å². The van der Waals surface area contributed by atoms with E-state index in [9.17, 15) is 4.79 Å². The molecule has 0 saturated carbocycles. The Bertz CT molecular complexity index is 397. The molecule has 0 bridgehead atoms. The molecule has 2 nitrogen and oxygen atoms in total. The molecule has 0 spiro atoms. The molecule has 0 saturated heterocycles. The Morgan fingerprint density at radius 3 is 2.17 bits per heavy atom. The number of ketones is 1. The van der Waals surface area contributed by atoms with E-state index in [1.165, 1.54) is 6.08 Å². The van der Waals surface area contributed by atoms with Crippen LogP contribution in [0, 0.1) is 0 Å². The lowest BCUT2D eigenvalue weighted by Gasteiger charge is -2.16. The minimum absolute atomic E-state index is 0.0687. The Morgan fingerprint density at radius 1 is 1.11 bits per heavy atom. The van der Waals surface area contributed by atoms with Crippen LogP contribution in [0.15, 0.2) is 36.5 Å². The molecule has 5 heteroatoms. The SMILES string of the molecule is O=C(/C=C/N(CCCl)CCCl)c1ccc(Cl)cc1. The van der Waals surface area contributed by atoms with Crippen LogP contribution >= 0.6 is 34.8 Å². The van der Waals surface area contributed by atoms with Gasteiger partial charge in [-0.1, -0.05) is 11.6 Å². The van der Waals surface area contributed by atoms with E-state index < -0.39 is 0 Å². The van der Waals surface area contributed by atoms with Crippen molar-refractivity contribution in [2.75, 3.05) is 24.8 Å². The number of benzene rings is 1. The van der Waals surface area contributed by atoms with Crippen LogP contribution in [0.5, 0.6) is 0 Å².